The van der Waals surface area contributed by atoms with Crippen LogP contribution in [-0.4, -0.2) is 13.5 Å². The normalized spacial score (nSPS) is 10.5. The van der Waals surface area contributed by atoms with E-state index in [0.29, 0.717) is 0 Å². The van der Waals surface area contributed by atoms with Crippen LogP contribution in [0, 0.1) is 0 Å². The molecular weight excluding hydrogens is 256 g/mol. The summed E-state index contributed by atoms with van der Waals surface area (Å²) in [7, 11) is 0. The molecule has 1 aromatic rings. The Morgan fingerprint density at radius 3 is 2.20 bits per heavy atom. The minimum absolute atomic E-state index is 0.0363. The molecule has 0 aliphatic rings. The topological polar surface area (TPSA) is 18.5 Å². The van der Waals surface area contributed by atoms with Gasteiger partial charge >= 0.3 is 6.61 Å². The van der Waals surface area contributed by atoms with E-state index < -0.39 is 13.5 Å². The summed E-state index contributed by atoms with van der Waals surface area (Å²) in [6, 6.07) is 2.30. The van der Waals surface area contributed by atoms with Gasteiger partial charge in [0.05, 0.1) is 0 Å². The Morgan fingerprint density at radius 2 is 1.67 bits per heavy atom. The van der Waals surface area contributed by atoms with Crippen LogP contribution in [0.15, 0.2) is 12.1 Å². The average Bonchev–Trinajstić information content (AvgIpc) is 2.17. The van der Waals surface area contributed by atoms with Gasteiger partial charge in [0.2, 0.25) is 6.86 Å². The van der Waals surface area contributed by atoms with Gasteiger partial charge in [-0.25, -0.2) is 4.39 Å². The molecule has 2 nitrogen and oxygen atoms in total. The van der Waals surface area contributed by atoms with Crippen LogP contribution in [-0.2, 0) is 0 Å². The van der Waals surface area contributed by atoms with E-state index >= 15 is 0 Å². The van der Waals surface area contributed by atoms with E-state index in [0.717, 1.165) is 6.07 Å². The van der Waals surface area contributed by atoms with Crippen molar-refractivity contribution in [3.8, 4) is 11.5 Å². The molecule has 1 rings (SSSR count). The van der Waals surface area contributed by atoms with Gasteiger partial charge in [-0.05, 0) is 12.1 Å². The van der Waals surface area contributed by atoms with Gasteiger partial charge in [-0.2, -0.15) is 8.78 Å². The quantitative estimate of drug-likeness (QED) is 0.818. The van der Waals surface area contributed by atoms with Crippen molar-refractivity contribution in [2.75, 3.05) is 6.86 Å². The number of hydrogen-bond donors (Lipinski definition) is 0. The van der Waals surface area contributed by atoms with E-state index in [1.807, 2.05) is 0 Å². The standard InChI is InChI=1S/C8H5Cl2F3O2/c9-6-4(14-3-11)1-2-5(7(6)10)15-8(12)13/h1-2,8H,3H2. The van der Waals surface area contributed by atoms with Crippen LogP contribution in [0.1, 0.15) is 0 Å². The Kier molecular flexibility index (Phi) is 4.35. The summed E-state index contributed by atoms with van der Waals surface area (Å²) in [6.07, 6.45) is 0. The van der Waals surface area contributed by atoms with Crippen LogP contribution in [0.25, 0.3) is 0 Å². The van der Waals surface area contributed by atoms with E-state index in [4.69, 9.17) is 23.2 Å². The summed E-state index contributed by atoms with van der Waals surface area (Å²) in [6.45, 7) is -4.10. The fourth-order valence-corrected chi connectivity index (χ4v) is 1.28. The van der Waals surface area contributed by atoms with Gasteiger partial charge in [0.1, 0.15) is 21.5 Å². The third-order valence-electron chi connectivity index (χ3n) is 1.44. The molecule has 84 valence electrons. The average molecular weight is 261 g/mol. The first-order valence-electron chi connectivity index (χ1n) is 3.67. The van der Waals surface area contributed by atoms with Crippen LogP contribution < -0.4 is 9.47 Å². The summed E-state index contributed by atoms with van der Waals surface area (Å²) in [5.74, 6) is -0.325. The fraction of sp³-hybridized carbons (Fsp3) is 0.250. The zero-order valence-electron chi connectivity index (χ0n) is 7.15. The van der Waals surface area contributed by atoms with E-state index in [9.17, 15) is 13.2 Å². The Bertz CT molecular complexity index is 347. The molecule has 0 aromatic heterocycles. The molecule has 0 unspecified atom stereocenters. The number of halogens is 5. The van der Waals surface area contributed by atoms with Crippen LogP contribution >= 0.6 is 23.2 Å². The molecule has 0 amide bonds. The summed E-state index contributed by atoms with van der Waals surface area (Å²) >= 11 is 11.2. The smallest absolute Gasteiger partial charge is 0.387 e. The van der Waals surface area contributed by atoms with Gasteiger partial charge in [0.25, 0.3) is 0 Å². The van der Waals surface area contributed by atoms with Crippen molar-refractivity contribution in [1.82, 2.24) is 0 Å². The molecule has 0 fully saturated rings. The highest BCUT2D eigenvalue weighted by Gasteiger charge is 2.15. The SMILES string of the molecule is FCOc1ccc(OC(F)F)c(Cl)c1Cl. The van der Waals surface area contributed by atoms with E-state index in [-0.39, 0.29) is 21.5 Å². The number of alkyl halides is 3. The van der Waals surface area contributed by atoms with Gasteiger partial charge in [-0.1, -0.05) is 23.2 Å². The second-order valence-electron chi connectivity index (χ2n) is 2.32. The molecule has 0 spiro atoms. The van der Waals surface area contributed by atoms with Gasteiger partial charge in [-0.3, -0.25) is 0 Å². The maximum Gasteiger partial charge on any atom is 0.387 e. The molecule has 0 aliphatic heterocycles. The van der Waals surface area contributed by atoms with Crippen molar-refractivity contribution in [2.45, 2.75) is 6.61 Å². The van der Waals surface area contributed by atoms with Crippen molar-refractivity contribution in [1.29, 1.82) is 0 Å². The molecule has 0 atom stereocenters. The molecule has 0 saturated heterocycles. The lowest BCUT2D eigenvalue weighted by Crippen LogP contribution is -2.03. The van der Waals surface area contributed by atoms with E-state index in [1.165, 1.54) is 6.07 Å². The largest absolute Gasteiger partial charge is 0.461 e. The van der Waals surface area contributed by atoms with Crippen molar-refractivity contribution >= 4 is 23.2 Å². The molecule has 0 saturated carbocycles. The molecule has 0 heterocycles. The van der Waals surface area contributed by atoms with Crippen LogP contribution in [0.5, 0.6) is 11.5 Å². The zero-order chi connectivity index (χ0) is 11.4. The molecular formula is C8H5Cl2F3O2. The lowest BCUT2D eigenvalue weighted by molar-refractivity contribution is -0.0498. The molecule has 1 aromatic carbocycles. The Balaban J connectivity index is 2.98. The van der Waals surface area contributed by atoms with Crippen LogP contribution in [0.4, 0.5) is 13.2 Å². The molecule has 0 radical (unpaired) electrons. The first-order chi connectivity index (χ1) is 7.06. The van der Waals surface area contributed by atoms with Crippen molar-refractivity contribution < 1.29 is 22.6 Å². The predicted molar refractivity (Wildman–Crippen MR) is 49.7 cm³/mol. The number of ether oxygens (including phenoxy) is 2. The Morgan fingerprint density at radius 1 is 1.13 bits per heavy atom. The summed E-state index contributed by atoms with van der Waals surface area (Å²) < 4.78 is 44.1. The molecule has 0 N–H and O–H groups in total. The number of benzene rings is 1. The van der Waals surface area contributed by atoms with Crippen molar-refractivity contribution in [3.63, 3.8) is 0 Å². The van der Waals surface area contributed by atoms with Gasteiger partial charge in [0, 0.05) is 0 Å². The molecule has 0 aliphatic carbocycles. The fourth-order valence-electron chi connectivity index (χ4n) is 0.871. The van der Waals surface area contributed by atoms with Gasteiger partial charge < -0.3 is 9.47 Å². The maximum atomic E-state index is 11.9. The maximum absolute atomic E-state index is 11.9. The van der Waals surface area contributed by atoms with E-state index in [2.05, 4.69) is 9.47 Å². The molecule has 7 heteroatoms. The highest BCUT2D eigenvalue weighted by molar-refractivity contribution is 6.43. The lowest BCUT2D eigenvalue weighted by atomic mass is 10.3. The number of rotatable bonds is 4. The van der Waals surface area contributed by atoms with Gasteiger partial charge in [-0.15, -0.1) is 0 Å². The monoisotopic (exact) mass is 260 g/mol. The van der Waals surface area contributed by atoms with Crippen molar-refractivity contribution in [2.24, 2.45) is 0 Å². The predicted octanol–water partition coefficient (Wildman–Crippen LogP) is 3.90. The number of hydrogen-bond acceptors (Lipinski definition) is 2. The first kappa shape index (κ1) is 12.3. The molecule has 0 bridgehead atoms. The molecule has 15 heavy (non-hydrogen) atoms. The summed E-state index contributed by atoms with van der Waals surface area (Å²) in [4.78, 5) is 0. The highest BCUT2D eigenvalue weighted by atomic mass is 35.5. The highest BCUT2D eigenvalue weighted by Crippen LogP contribution is 2.39. The second kappa shape index (κ2) is 5.32. The van der Waals surface area contributed by atoms with Crippen LogP contribution in [0.2, 0.25) is 10.0 Å². The minimum Gasteiger partial charge on any atom is -0.461 e. The van der Waals surface area contributed by atoms with E-state index in [1.54, 1.807) is 0 Å². The first-order valence-corrected chi connectivity index (χ1v) is 4.43. The third-order valence-corrected chi connectivity index (χ3v) is 2.28. The lowest BCUT2D eigenvalue weighted by Gasteiger charge is -2.10. The minimum atomic E-state index is -3.01. The summed E-state index contributed by atoms with van der Waals surface area (Å²) in [5.41, 5.74) is 0. The zero-order valence-corrected chi connectivity index (χ0v) is 8.66. The Labute approximate surface area is 93.5 Å². The van der Waals surface area contributed by atoms with Crippen molar-refractivity contribution in [3.05, 3.63) is 22.2 Å². The van der Waals surface area contributed by atoms with Gasteiger partial charge in [0.15, 0.2) is 0 Å². The van der Waals surface area contributed by atoms with Crippen LogP contribution in [0.3, 0.4) is 0 Å². The second-order valence-corrected chi connectivity index (χ2v) is 3.08. The third kappa shape index (κ3) is 3.07. The summed E-state index contributed by atoms with van der Waals surface area (Å²) in [5, 5.41) is -0.421. The Hall–Kier alpha value is -0.810.